The average molecular weight is 312 g/mol. The zero-order valence-corrected chi connectivity index (χ0v) is 12.4. The van der Waals surface area contributed by atoms with Crippen molar-refractivity contribution in [2.45, 2.75) is 44.8 Å². The van der Waals surface area contributed by atoms with Crippen LogP contribution in [0.5, 0.6) is 0 Å². The lowest BCUT2D eigenvalue weighted by Gasteiger charge is -2.11. The molecule has 1 aliphatic rings. The van der Waals surface area contributed by atoms with Crippen LogP contribution in [0.3, 0.4) is 0 Å². The molecule has 0 radical (unpaired) electrons. The van der Waals surface area contributed by atoms with Gasteiger partial charge in [-0.1, -0.05) is 40.9 Å². The third-order valence-corrected chi connectivity index (χ3v) is 3.90. The Kier molecular flexibility index (Phi) is 6.18. The van der Waals surface area contributed by atoms with E-state index in [1.54, 1.807) is 0 Å². The molecule has 0 amide bonds. The van der Waals surface area contributed by atoms with Crippen molar-refractivity contribution in [2.75, 3.05) is 13.2 Å². The quantitative estimate of drug-likeness (QED) is 0.771. The number of halogens is 1. The molecule has 0 unspecified atom stereocenters. The first kappa shape index (κ1) is 14.0. The van der Waals surface area contributed by atoms with E-state index in [9.17, 15) is 0 Å². The van der Waals surface area contributed by atoms with Gasteiger partial charge in [-0.2, -0.15) is 0 Å². The molecule has 0 spiro atoms. The molecule has 1 aromatic carbocycles. The van der Waals surface area contributed by atoms with E-state index in [1.807, 2.05) is 12.1 Å². The van der Waals surface area contributed by atoms with E-state index in [1.165, 1.54) is 31.2 Å². The second-order valence-electron chi connectivity index (χ2n) is 4.97. The maximum atomic E-state index is 5.68. The van der Waals surface area contributed by atoms with E-state index in [0.29, 0.717) is 6.61 Å². The third-order valence-electron chi connectivity index (χ3n) is 3.41. The molecule has 1 aromatic rings. The lowest BCUT2D eigenvalue weighted by atomic mass is 10.2. The number of rotatable bonds is 7. The minimum absolute atomic E-state index is 0.711. The summed E-state index contributed by atoms with van der Waals surface area (Å²) >= 11 is 3.47. The summed E-state index contributed by atoms with van der Waals surface area (Å²) in [5, 5.41) is 3.60. The molecular weight excluding hydrogens is 290 g/mol. The fraction of sp³-hybridized carbons (Fsp3) is 0.600. The van der Waals surface area contributed by atoms with Crippen molar-refractivity contribution in [3.63, 3.8) is 0 Å². The van der Waals surface area contributed by atoms with Gasteiger partial charge in [0.15, 0.2) is 0 Å². The molecule has 2 rings (SSSR count). The fourth-order valence-electron chi connectivity index (χ4n) is 2.43. The summed E-state index contributed by atoms with van der Waals surface area (Å²) in [5.41, 5.74) is 1.23. The smallest absolute Gasteiger partial charge is 0.0717 e. The van der Waals surface area contributed by atoms with Crippen LogP contribution in [0.4, 0.5) is 0 Å². The Morgan fingerprint density at radius 1 is 1.28 bits per heavy atom. The zero-order chi connectivity index (χ0) is 12.6. The van der Waals surface area contributed by atoms with E-state index in [0.717, 1.165) is 30.1 Å². The summed E-state index contributed by atoms with van der Waals surface area (Å²) in [6.45, 7) is 2.64. The van der Waals surface area contributed by atoms with Gasteiger partial charge in [0.1, 0.15) is 0 Å². The molecule has 0 aromatic heterocycles. The molecule has 3 heteroatoms. The number of benzene rings is 1. The van der Waals surface area contributed by atoms with Crippen LogP contribution < -0.4 is 5.32 Å². The summed E-state index contributed by atoms with van der Waals surface area (Å²) < 4.78 is 6.80. The predicted molar refractivity (Wildman–Crippen MR) is 78.7 cm³/mol. The van der Waals surface area contributed by atoms with Crippen LogP contribution in [-0.2, 0) is 11.3 Å². The third kappa shape index (κ3) is 5.09. The first-order valence-corrected chi connectivity index (χ1v) is 7.69. The monoisotopic (exact) mass is 311 g/mol. The second kappa shape index (κ2) is 7.93. The van der Waals surface area contributed by atoms with E-state index in [2.05, 4.69) is 33.4 Å². The highest BCUT2D eigenvalue weighted by atomic mass is 79.9. The van der Waals surface area contributed by atoms with Gasteiger partial charge in [0.05, 0.1) is 6.61 Å². The van der Waals surface area contributed by atoms with Crippen molar-refractivity contribution in [2.24, 2.45) is 0 Å². The standard InChI is InChI=1S/C15H22BrNO/c16-14-6-3-5-13(11-14)12-18-10-4-9-17-15-7-1-2-8-15/h3,5-6,11,15,17H,1-2,4,7-10,12H2. The molecule has 1 fully saturated rings. The number of hydrogen-bond acceptors (Lipinski definition) is 2. The van der Waals surface area contributed by atoms with Gasteiger partial charge in [0.2, 0.25) is 0 Å². The molecule has 0 atom stereocenters. The molecule has 100 valence electrons. The molecular formula is C15H22BrNO. The SMILES string of the molecule is Brc1cccc(COCCCNC2CCCC2)c1. The highest BCUT2D eigenvalue weighted by molar-refractivity contribution is 9.10. The Bertz CT molecular complexity index is 350. The summed E-state index contributed by atoms with van der Waals surface area (Å²) in [4.78, 5) is 0. The van der Waals surface area contributed by atoms with Crippen LogP contribution in [-0.4, -0.2) is 19.2 Å². The first-order chi connectivity index (χ1) is 8.84. The molecule has 0 saturated heterocycles. The largest absolute Gasteiger partial charge is 0.377 e. The van der Waals surface area contributed by atoms with Gasteiger partial charge in [0.25, 0.3) is 0 Å². The minimum Gasteiger partial charge on any atom is -0.377 e. The Balaban J connectivity index is 1.50. The van der Waals surface area contributed by atoms with Crippen LogP contribution in [0, 0.1) is 0 Å². The molecule has 1 N–H and O–H groups in total. The Morgan fingerprint density at radius 2 is 2.11 bits per heavy atom. The summed E-state index contributed by atoms with van der Waals surface area (Å²) in [6, 6.07) is 9.06. The van der Waals surface area contributed by atoms with E-state index in [-0.39, 0.29) is 0 Å². The first-order valence-electron chi connectivity index (χ1n) is 6.90. The number of nitrogens with one attached hydrogen (secondary N) is 1. The fourth-order valence-corrected chi connectivity index (χ4v) is 2.87. The molecule has 0 heterocycles. The predicted octanol–water partition coefficient (Wildman–Crippen LogP) is 3.89. The summed E-state index contributed by atoms with van der Waals surface area (Å²) in [7, 11) is 0. The maximum absolute atomic E-state index is 5.68. The van der Waals surface area contributed by atoms with Crippen LogP contribution in [0.15, 0.2) is 28.7 Å². The highest BCUT2D eigenvalue weighted by Crippen LogP contribution is 2.17. The van der Waals surface area contributed by atoms with E-state index in [4.69, 9.17) is 4.74 Å². The van der Waals surface area contributed by atoms with Crippen LogP contribution in [0.2, 0.25) is 0 Å². The van der Waals surface area contributed by atoms with Gasteiger partial charge >= 0.3 is 0 Å². The van der Waals surface area contributed by atoms with Gasteiger partial charge in [-0.15, -0.1) is 0 Å². The van der Waals surface area contributed by atoms with Gasteiger partial charge in [0, 0.05) is 17.1 Å². The minimum atomic E-state index is 0.711. The van der Waals surface area contributed by atoms with Crippen LogP contribution in [0.25, 0.3) is 0 Å². The van der Waals surface area contributed by atoms with E-state index < -0.39 is 0 Å². The van der Waals surface area contributed by atoms with Crippen molar-refractivity contribution in [1.29, 1.82) is 0 Å². The molecule has 0 aliphatic heterocycles. The van der Waals surface area contributed by atoms with Gasteiger partial charge in [-0.05, 0) is 43.5 Å². The summed E-state index contributed by atoms with van der Waals surface area (Å²) in [6.07, 6.45) is 6.62. The Labute approximate surface area is 118 Å². The lowest BCUT2D eigenvalue weighted by molar-refractivity contribution is 0.118. The number of ether oxygens (including phenoxy) is 1. The van der Waals surface area contributed by atoms with Crippen LogP contribution >= 0.6 is 15.9 Å². The van der Waals surface area contributed by atoms with Crippen molar-refractivity contribution in [3.8, 4) is 0 Å². The van der Waals surface area contributed by atoms with Crippen molar-refractivity contribution in [1.82, 2.24) is 5.32 Å². The summed E-state index contributed by atoms with van der Waals surface area (Å²) in [5.74, 6) is 0. The lowest BCUT2D eigenvalue weighted by Crippen LogP contribution is -2.27. The molecule has 2 nitrogen and oxygen atoms in total. The topological polar surface area (TPSA) is 21.3 Å². The average Bonchev–Trinajstić information content (AvgIpc) is 2.87. The highest BCUT2D eigenvalue weighted by Gasteiger charge is 2.12. The van der Waals surface area contributed by atoms with Gasteiger partial charge in [-0.25, -0.2) is 0 Å². The second-order valence-corrected chi connectivity index (χ2v) is 5.89. The molecule has 1 saturated carbocycles. The van der Waals surface area contributed by atoms with Crippen molar-refractivity contribution >= 4 is 15.9 Å². The van der Waals surface area contributed by atoms with Gasteiger partial charge in [-0.3, -0.25) is 0 Å². The Hall–Kier alpha value is -0.380. The van der Waals surface area contributed by atoms with Crippen molar-refractivity contribution in [3.05, 3.63) is 34.3 Å². The normalized spacial score (nSPS) is 16.3. The zero-order valence-electron chi connectivity index (χ0n) is 10.8. The van der Waals surface area contributed by atoms with E-state index >= 15 is 0 Å². The number of hydrogen-bond donors (Lipinski definition) is 1. The maximum Gasteiger partial charge on any atom is 0.0717 e. The molecule has 0 bridgehead atoms. The van der Waals surface area contributed by atoms with Gasteiger partial charge < -0.3 is 10.1 Å². The van der Waals surface area contributed by atoms with Crippen LogP contribution in [0.1, 0.15) is 37.7 Å². The molecule has 1 aliphatic carbocycles. The molecule has 18 heavy (non-hydrogen) atoms. The van der Waals surface area contributed by atoms with Crippen molar-refractivity contribution < 1.29 is 4.74 Å². The Morgan fingerprint density at radius 3 is 2.89 bits per heavy atom.